The number of carbonyl (C=O) groups excluding carboxylic acids is 2. The van der Waals surface area contributed by atoms with E-state index >= 15 is 0 Å². The lowest BCUT2D eigenvalue weighted by Gasteiger charge is -2.41. The Hall–Kier alpha value is -2.04. The smallest absolute Gasteiger partial charge is 0.410 e. The number of fused-ring (bicyclic) bond motifs is 1. The summed E-state index contributed by atoms with van der Waals surface area (Å²) in [6.45, 7) is 6.53. The summed E-state index contributed by atoms with van der Waals surface area (Å²) in [5.74, 6) is 0.972. The van der Waals surface area contributed by atoms with Crippen molar-refractivity contribution in [2.75, 3.05) is 19.6 Å². The molecule has 27 heavy (non-hydrogen) atoms. The number of nitrogens with zero attached hydrogens (tertiary/aromatic N) is 2. The highest BCUT2D eigenvalue weighted by atomic mass is 16.6. The molecule has 5 nitrogen and oxygen atoms in total. The fourth-order valence-corrected chi connectivity index (χ4v) is 4.48. The molecule has 0 bridgehead atoms. The van der Waals surface area contributed by atoms with Crippen molar-refractivity contribution in [1.82, 2.24) is 9.80 Å². The van der Waals surface area contributed by atoms with Crippen LogP contribution in [-0.4, -0.2) is 47.5 Å². The second-order valence-electron chi connectivity index (χ2n) is 8.77. The quantitative estimate of drug-likeness (QED) is 0.817. The van der Waals surface area contributed by atoms with Crippen LogP contribution in [0.5, 0.6) is 0 Å². The fraction of sp³-hybridized carbons (Fsp3) is 0.636. The minimum absolute atomic E-state index is 0.117. The lowest BCUT2D eigenvalue weighted by Crippen LogP contribution is -2.51. The molecule has 1 saturated heterocycles. The summed E-state index contributed by atoms with van der Waals surface area (Å²) in [7, 11) is 0. The maximum absolute atomic E-state index is 13.6. The van der Waals surface area contributed by atoms with E-state index in [1.807, 2.05) is 13.8 Å². The molecule has 5 heteroatoms. The van der Waals surface area contributed by atoms with Crippen LogP contribution in [0.2, 0.25) is 0 Å². The average molecular weight is 370 g/mol. The van der Waals surface area contributed by atoms with E-state index in [1.165, 1.54) is 24.0 Å². The van der Waals surface area contributed by atoms with Crippen molar-refractivity contribution in [3.63, 3.8) is 0 Å². The van der Waals surface area contributed by atoms with Gasteiger partial charge in [0.15, 0.2) is 0 Å². The summed E-state index contributed by atoms with van der Waals surface area (Å²) in [6.07, 6.45) is 4.34. The fourth-order valence-electron chi connectivity index (χ4n) is 4.48. The molecule has 0 aromatic heterocycles. The lowest BCUT2D eigenvalue weighted by molar-refractivity contribution is -0.145. The highest BCUT2D eigenvalue weighted by molar-refractivity contribution is 5.84. The molecular weight excluding hydrogens is 340 g/mol. The predicted octanol–water partition coefficient (Wildman–Crippen LogP) is 3.61. The van der Waals surface area contributed by atoms with Gasteiger partial charge in [0.25, 0.3) is 0 Å². The third kappa shape index (κ3) is 3.83. The molecule has 146 valence electrons. The van der Waals surface area contributed by atoms with Crippen molar-refractivity contribution in [3.8, 4) is 0 Å². The average Bonchev–Trinajstić information content (AvgIpc) is 3.46. The predicted molar refractivity (Wildman–Crippen MR) is 103 cm³/mol. The van der Waals surface area contributed by atoms with Gasteiger partial charge in [-0.3, -0.25) is 4.79 Å². The number of benzene rings is 1. The van der Waals surface area contributed by atoms with Crippen LogP contribution in [0.15, 0.2) is 24.3 Å². The maximum atomic E-state index is 13.6. The van der Waals surface area contributed by atoms with Crippen molar-refractivity contribution in [2.24, 2.45) is 11.3 Å². The highest BCUT2D eigenvalue weighted by Crippen LogP contribution is 2.42. The summed E-state index contributed by atoms with van der Waals surface area (Å²) in [5.41, 5.74) is 2.20. The van der Waals surface area contributed by atoms with Crippen molar-refractivity contribution < 1.29 is 14.3 Å². The van der Waals surface area contributed by atoms with Gasteiger partial charge in [0.1, 0.15) is 0 Å². The molecule has 0 atom stereocenters. The number of hydrogen-bond acceptors (Lipinski definition) is 3. The zero-order valence-electron chi connectivity index (χ0n) is 16.4. The van der Waals surface area contributed by atoms with E-state index in [4.69, 9.17) is 4.74 Å². The van der Waals surface area contributed by atoms with E-state index < -0.39 is 0 Å². The number of amides is 2. The lowest BCUT2D eigenvalue weighted by atomic mass is 9.73. The Morgan fingerprint density at radius 1 is 1.19 bits per heavy atom. The molecule has 2 amide bonds. The van der Waals surface area contributed by atoms with Gasteiger partial charge >= 0.3 is 6.09 Å². The van der Waals surface area contributed by atoms with E-state index in [2.05, 4.69) is 29.2 Å². The van der Waals surface area contributed by atoms with Crippen LogP contribution < -0.4 is 0 Å². The Labute approximate surface area is 161 Å². The van der Waals surface area contributed by atoms with Gasteiger partial charge in [-0.25, -0.2) is 4.79 Å². The molecule has 1 saturated carbocycles. The normalized spacial score (nSPS) is 22.0. The van der Waals surface area contributed by atoms with Gasteiger partial charge in [-0.15, -0.1) is 0 Å². The van der Waals surface area contributed by atoms with Gasteiger partial charge in [0.05, 0.1) is 11.5 Å². The Morgan fingerprint density at radius 2 is 1.85 bits per heavy atom. The molecule has 1 aliphatic carbocycles. The Morgan fingerprint density at radius 3 is 2.48 bits per heavy atom. The number of rotatable bonds is 3. The molecular formula is C22H30N2O3. The molecule has 2 fully saturated rings. The van der Waals surface area contributed by atoms with Gasteiger partial charge in [0, 0.05) is 26.2 Å². The first-order valence-corrected chi connectivity index (χ1v) is 10.3. The molecule has 0 N–H and O–H groups in total. The van der Waals surface area contributed by atoms with Crippen molar-refractivity contribution in [1.29, 1.82) is 0 Å². The standard InChI is InChI=1S/C22H30N2O3/c1-16(2)27-21(26)23-11-9-22(10-12-23)13-18-5-3-4-6-19(18)15-24(20(22)25)14-17-7-8-17/h3-6,16-17H,7-15H2,1-2H3. The summed E-state index contributed by atoms with van der Waals surface area (Å²) < 4.78 is 5.35. The minimum Gasteiger partial charge on any atom is -0.447 e. The molecule has 3 aliphatic rings. The second kappa shape index (κ2) is 7.17. The number of piperidine rings is 1. The third-order valence-corrected chi connectivity index (χ3v) is 6.24. The molecule has 1 spiro atoms. The molecule has 2 heterocycles. The molecule has 0 radical (unpaired) electrons. The van der Waals surface area contributed by atoms with E-state index in [9.17, 15) is 9.59 Å². The topological polar surface area (TPSA) is 49.9 Å². The Kier molecular flexibility index (Phi) is 4.87. The molecule has 4 rings (SSSR count). The van der Waals surface area contributed by atoms with Crippen molar-refractivity contribution in [2.45, 2.75) is 58.6 Å². The van der Waals surface area contributed by atoms with Crippen LogP contribution >= 0.6 is 0 Å². The summed E-state index contributed by atoms with van der Waals surface area (Å²) in [6, 6.07) is 8.48. The van der Waals surface area contributed by atoms with E-state index in [0.717, 1.165) is 19.5 Å². The molecule has 2 aliphatic heterocycles. The third-order valence-electron chi connectivity index (χ3n) is 6.24. The number of carbonyl (C=O) groups is 2. The SMILES string of the molecule is CC(C)OC(=O)N1CCC2(CC1)Cc1ccccc1CN(CC1CC1)C2=O. The zero-order chi connectivity index (χ0) is 19.0. The summed E-state index contributed by atoms with van der Waals surface area (Å²) >= 11 is 0. The number of likely N-dealkylation sites (tertiary alicyclic amines) is 1. The number of ether oxygens (including phenoxy) is 1. The van der Waals surface area contributed by atoms with E-state index in [-0.39, 0.29) is 17.6 Å². The van der Waals surface area contributed by atoms with Crippen LogP contribution in [0.1, 0.15) is 50.7 Å². The minimum atomic E-state index is -0.379. The highest BCUT2D eigenvalue weighted by Gasteiger charge is 2.47. The molecule has 0 unspecified atom stereocenters. The molecule has 1 aromatic carbocycles. The largest absolute Gasteiger partial charge is 0.447 e. The van der Waals surface area contributed by atoms with Crippen molar-refractivity contribution in [3.05, 3.63) is 35.4 Å². The van der Waals surface area contributed by atoms with Gasteiger partial charge in [-0.1, -0.05) is 24.3 Å². The zero-order valence-corrected chi connectivity index (χ0v) is 16.4. The van der Waals surface area contributed by atoms with Crippen LogP contribution in [-0.2, 0) is 22.5 Å². The molecule has 1 aromatic rings. The van der Waals surface area contributed by atoms with Crippen LogP contribution in [0.4, 0.5) is 4.79 Å². The van der Waals surface area contributed by atoms with Crippen LogP contribution in [0.3, 0.4) is 0 Å². The first-order valence-electron chi connectivity index (χ1n) is 10.3. The summed E-state index contributed by atoms with van der Waals surface area (Å²) in [4.78, 5) is 29.7. The van der Waals surface area contributed by atoms with Crippen LogP contribution in [0, 0.1) is 11.3 Å². The van der Waals surface area contributed by atoms with Crippen LogP contribution in [0.25, 0.3) is 0 Å². The van der Waals surface area contributed by atoms with Gasteiger partial charge < -0.3 is 14.5 Å². The van der Waals surface area contributed by atoms with E-state index in [0.29, 0.717) is 37.8 Å². The van der Waals surface area contributed by atoms with E-state index in [1.54, 1.807) is 4.90 Å². The van der Waals surface area contributed by atoms with Gasteiger partial charge in [-0.2, -0.15) is 0 Å². The maximum Gasteiger partial charge on any atom is 0.410 e. The monoisotopic (exact) mass is 370 g/mol. The Balaban J connectivity index is 1.55. The second-order valence-corrected chi connectivity index (χ2v) is 8.77. The number of hydrogen-bond donors (Lipinski definition) is 0. The van der Waals surface area contributed by atoms with Gasteiger partial charge in [-0.05, 0) is 63.0 Å². The first-order chi connectivity index (χ1) is 13.0. The summed E-state index contributed by atoms with van der Waals surface area (Å²) in [5, 5.41) is 0. The Bertz CT molecular complexity index is 718. The van der Waals surface area contributed by atoms with Gasteiger partial charge in [0.2, 0.25) is 5.91 Å². The first kappa shape index (κ1) is 18.3. The van der Waals surface area contributed by atoms with Crippen molar-refractivity contribution >= 4 is 12.0 Å².